The molecule has 1 spiro atoms. The van der Waals surface area contributed by atoms with Crippen LogP contribution in [0.25, 0.3) is 5.57 Å². The van der Waals surface area contributed by atoms with Crippen LogP contribution in [0.3, 0.4) is 0 Å². The van der Waals surface area contributed by atoms with Crippen molar-refractivity contribution in [3.8, 4) is 0 Å². The molecule has 0 N–H and O–H groups in total. The Labute approximate surface area is 179 Å². The zero-order valence-corrected chi connectivity index (χ0v) is 17.9. The molecule has 30 heavy (non-hydrogen) atoms. The molecule has 0 aromatic heterocycles. The molecule has 148 valence electrons. The molecule has 5 atom stereocenters. The maximum absolute atomic E-state index is 2.66. The molecule has 0 saturated heterocycles. The molecule has 0 nitrogen and oxygen atoms in total. The number of fused-ring (bicyclic) bond motifs is 11. The van der Waals surface area contributed by atoms with Crippen LogP contribution >= 0.6 is 0 Å². The summed E-state index contributed by atoms with van der Waals surface area (Å²) in [5.41, 5.74) is 12.2. The first-order valence-corrected chi connectivity index (χ1v) is 11.9. The Bertz CT molecular complexity index is 1200. The van der Waals surface area contributed by atoms with Crippen molar-refractivity contribution in [2.24, 2.45) is 23.7 Å². The summed E-state index contributed by atoms with van der Waals surface area (Å²) < 4.78 is 0. The molecule has 1 aromatic rings. The summed E-state index contributed by atoms with van der Waals surface area (Å²) in [5.74, 6) is 3.10. The van der Waals surface area contributed by atoms with E-state index >= 15 is 0 Å². The van der Waals surface area contributed by atoms with Crippen LogP contribution in [0.4, 0.5) is 0 Å². The van der Waals surface area contributed by atoms with E-state index in [0.717, 1.165) is 30.1 Å². The first-order valence-electron chi connectivity index (χ1n) is 11.9. The van der Waals surface area contributed by atoms with Crippen molar-refractivity contribution >= 4 is 5.57 Å². The minimum absolute atomic E-state index is 0.0735. The molecule has 0 aliphatic heterocycles. The van der Waals surface area contributed by atoms with Gasteiger partial charge in [0.25, 0.3) is 0 Å². The van der Waals surface area contributed by atoms with Crippen LogP contribution in [0.2, 0.25) is 0 Å². The van der Waals surface area contributed by atoms with Crippen LogP contribution in [-0.2, 0) is 5.41 Å². The molecule has 0 heterocycles. The predicted molar refractivity (Wildman–Crippen MR) is 125 cm³/mol. The lowest BCUT2D eigenvalue weighted by Crippen LogP contribution is -2.28. The summed E-state index contributed by atoms with van der Waals surface area (Å²) in [5, 5.41) is 0. The third-order valence-corrected chi connectivity index (χ3v) is 8.14. The van der Waals surface area contributed by atoms with Gasteiger partial charge in [0.2, 0.25) is 0 Å². The minimum atomic E-state index is -0.0735. The van der Waals surface area contributed by atoms with Gasteiger partial charge >= 0.3 is 0 Å². The quantitative estimate of drug-likeness (QED) is 0.439. The molecule has 1 aromatic carbocycles. The zero-order chi connectivity index (χ0) is 20.0. The van der Waals surface area contributed by atoms with Gasteiger partial charge in [-0.15, -0.1) is 0 Å². The van der Waals surface area contributed by atoms with Crippen LogP contribution in [-0.4, -0.2) is 0 Å². The maximum Gasteiger partial charge on any atom is 0.0719 e. The fourth-order valence-electron chi connectivity index (χ4n) is 6.68. The Morgan fingerprint density at radius 1 is 0.733 bits per heavy atom. The van der Waals surface area contributed by atoms with Crippen molar-refractivity contribution in [2.45, 2.75) is 38.5 Å². The van der Waals surface area contributed by atoms with Gasteiger partial charge in [-0.2, -0.15) is 0 Å². The summed E-state index contributed by atoms with van der Waals surface area (Å²) in [4.78, 5) is 0. The zero-order valence-electron chi connectivity index (χ0n) is 17.9. The van der Waals surface area contributed by atoms with Crippen LogP contribution in [0.15, 0.2) is 101 Å². The summed E-state index contributed by atoms with van der Waals surface area (Å²) >= 11 is 0. The topological polar surface area (TPSA) is 0 Å². The second kappa shape index (κ2) is 5.76. The van der Waals surface area contributed by atoms with Gasteiger partial charge in [0, 0.05) is 0 Å². The number of benzene rings is 1. The number of hydrogen-bond donors (Lipinski definition) is 0. The van der Waals surface area contributed by atoms with E-state index in [0.29, 0.717) is 0 Å². The second-order valence-electron chi connectivity index (χ2n) is 9.61. The third kappa shape index (κ3) is 1.94. The molecule has 0 heteroatoms. The molecular formula is C30H28. The Morgan fingerprint density at radius 3 is 2.17 bits per heavy atom. The van der Waals surface area contributed by atoms with Gasteiger partial charge in [0.15, 0.2) is 0 Å². The van der Waals surface area contributed by atoms with E-state index in [1.54, 1.807) is 11.1 Å². The van der Waals surface area contributed by atoms with Gasteiger partial charge in [-0.3, -0.25) is 0 Å². The van der Waals surface area contributed by atoms with E-state index in [1.807, 2.05) is 13.8 Å². The standard InChI is InChI=1S/C28H22.C2H6/c1-2-6-20-22-12-16-10-18(16)14-26(22)28(24(20)8-3-1)25-9-5-4-7-21(25)23-13-17-11-19(17)15-27(23)28;1-2/h2-9,12-19H,1,10-11H2;1-2H3. The van der Waals surface area contributed by atoms with E-state index in [1.165, 1.54) is 46.3 Å². The molecule has 8 rings (SSSR count). The smallest absolute Gasteiger partial charge is 0.0719 e. The summed E-state index contributed by atoms with van der Waals surface area (Å²) in [6.07, 6.45) is 23.9. The van der Waals surface area contributed by atoms with Crippen LogP contribution in [0, 0.1) is 23.7 Å². The summed E-state index contributed by atoms with van der Waals surface area (Å²) in [7, 11) is 0. The highest BCUT2D eigenvalue weighted by Crippen LogP contribution is 2.69. The predicted octanol–water partition coefficient (Wildman–Crippen LogP) is 7.25. The van der Waals surface area contributed by atoms with E-state index in [4.69, 9.17) is 0 Å². The van der Waals surface area contributed by atoms with E-state index < -0.39 is 0 Å². The van der Waals surface area contributed by atoms with E-state index in [9.17, 15) is 0 Å². The van der Waals surface area contributed by atoms with E-state index in [2.05, 4.69) is 72.9 Å². The monoisotopic (exact) mass is 388 g/mol. The second-order valence-corrected chi connectivity index (χ2v) is 9.61. The average molecular weight is 389 g/mol. The molecule has 0 radical (unpaired) electrons. The normalized spacial score (nSPS) is 37.1. The highest BCUT2D eigenvalue weighted by Gasteiger charge is 2.59. The van der Waals surface area contributed by atoms with Crippen LogP contribution < -0.4 is 0 Å². The number of rotatable bonds is 0. The van der Waals surface area contributed by atoms with Crippen molar-refractivity contribution in [1.29, 1.82) is 0 Å². The largest absolute Gasteiger partial charge is 0.0804 e. The van der Waals surface area contributed by atoms with Crippen LogP contribution in [0.1, 0.15) is 44.2 Å². The van der Waals surface area contributed by atoms with Crippen molar-refractivity contribution in [3.05, 3.63) is 112 Å². The van der Waals surface area contributed by atoms with Crippen molar-refractivity contribution in [1.82, 2.24) is 0 Å². The Hall–Kier alpha value is -2.60. The van der Waals surface area contributed by atoms with Gasteiger partial charge in [0.05, 0.1) is 5.41 Å². The molecular weight excluding hydrogens is 360 g/mol. The molecule has 7 aliphatic carbocycles. The van der Waals surface area contributed by atoms with E-state index in [-0.39, 0.29) is 5.41 Å². The van der Waals surface area contributed by atoms with Gasteiger partial charge < -0.3 is 0 Å². The van der Waals surface area contributed by atoms with Crippen molar-refractivity contribution in [3.63, 3.8) is 0 Å². The minimum Gasteiger partial charge on any atom is -0.0804 e. The van der Waals surface area contributed by atoms with Gasteiger partial charge in [-0.25, -0.2) is 0 Å². The Balaban J connectivity index is 0.000000789. The van der Waals surface area contributed by atoms with Crippen LogP contribution in [0.5, 0.6) is 0 Å². The van der Waals surface area contributed by atoms with Crippen molar-refractivity contribution < 1.29 is 0 Å². The lowest BCUT2D eigenvalue weighted by Gasteiger charge is -2.34. The highest BCUT2D eigenvalue weighted by atomic mass is 14.6. The highest BCUT2D eigenvalue weighted by molar-refractivity contribution is 5.99. The SMILES string of the molecule is C1=CC2=C(C=CC1)C1(C3=CC4CC4C=C32)C2=CC3CC3C=C2c2ccccc21.CC. The molecule has 7 aliphatic rings. The molecule has 2 saturated carbocycles. The fraction of sp³-hybridized carbons (Fsp3) is 0.333. The van der Waals surface area contributed by atoms with Crippen molar-refractivity contribution in [2.75, 3.05) is 0 Å². The lowest BCUT2D eigenvalue weighted by molar-refractivity contribution is 0.750. The lowest BCUT2D eigenvalue weighted by atomic mass is 9.67. The molecule has 0 amide bonds. The molecule has 2 fully saturated rings. The third-order valence-electron chi connectivity index (χ3n) is 8.14. The van der Waals surface area contributed by atoms with Gasteiger partial charge in [0.1, 0.15) is 0 Å². The fourth-order valence-corrected chi connectivity index (χ4v) is 6.68. The Morgan fingerprint density at radius 2 is 1.37 bits per heavy atom. The number of allylic oxidation sites excluding steroid dienone is 14. The maximum atomic E-state index is 2.66. The summed E-state index contributed by atoms with van der Waals surface area (Å²) in [6, 6.07) is 9.26. The van der Waals surface area contributed by atoms with Gasteiger partial charge in [-0.05, 0) is 87.5 Å². The Kier molecular flexibility index (Phi) is 3.28. The van der Waals surface area contributed by atoms with Gasteiger partial charge in [-0.1, -0.05) is 86.7 Å². The summed E-state index contributed by atoms with van der Waals surface area (Å²) in [6.45, 7) is 4.00. The average Bonchev–Trinajstić information content (AvgIpc) is 3.69. The first kappa shape index (κ1) is 17.1. The first-order chi connectivity index (χ1) is 14.9. The molecule has 5 unspecified atom stereocenters. The number of hydrogen-bond acceptors (Lipinski definition) is 0. The molecule has 0 bridgehead atoms.